The Bertz CT molecular complexity index is 471. The maximum absolute atomic E-state index is 12.0. The minimum atomic E-state index is -1.13. The molecule has 2 unspecified atom stereocenters. The van der Waals surface area contributed by atoms with E-state index in [0.717, 1.165) is 0 Å². The number of aliphatic hydroxyl groups excluding tert-OH is 1. The molecule has 0 aliphatic carbocycles. The molecule has 6 nitrogen and oxygen atoms in total. The molecular formula is C12H16N2O4. The van der Waals surface area contributed by atoms with Crippen LogP contribution in [0.4, 0.5) is 0 Å². The van der Waals surface area contributed by atoms with Gasteiger partial charge in [-0.1, -0.05) is 12.1 Å². The van der Waals surface area contributed by atoms with Crippen molar-refractivity contribution in [1.29, 1.82) is 0 Å². The second kappa shape index (κ2) is 5.61. The van der Waals surface area contributed by atoms with Gasteiger partial charge in [0.25, 0.3) is 0 Å². The summed E-state index contributed by atoms with van der Waals surface area (Å²) in [4.78, 5) is 22.7. The summed E-state index contributed by atoms with van der Waals surface area (Å²) in [6, 6.07) is 3.20. The van der Waals surface area contributed by atoms with E-state index >= 15 is 0 Å². The third kappa shape index (κ3) is 3.06. The Morgan fingerprint density at radius 3 is 2.50 bits per heavy atom. The van der Waals surface area contributed by atoms with Crippen LogP contribution < -0.4 is 11.5 Å². The number of benzene rings is 1. The quantitative estimate of drug-likeness (QED) is 0.541. The number of amides is 1. The van der Waals surface area contributed by atoms with Gasteiger partial charge in [-0.05, 0) is 18.6 Å². The highest BCUT2D eigenvalue weighted by atomic mass is 16.3. The van der Waals surface area contributed by atoms with E-state index in [1.165, 1.54) is 25.1 Å². The van der Waals surface area contributed by atoms with Crippen molar-refractivity contribution in [2.45, 2.75) is 25.5 Å². The van der Waals surface area contributed by atoms with Crippen molar-refractivity contribution < 1.29 is 19.8 Å². The van der Waals surface area contributed by atoms with E-state index in [9.17, 15) is 19.8 Å². The zero-order valence-electron chi connectivity index (χ0n) is 9.96. The third-order valence-corrected chi connectivity index (χ3v) is 2.53. The van der Waals surface area contributed by atoms with Gasteiger partial charge < -0.3 is 21.7 Å². The minimum Gasteiger partial charge on any atom is -0.507 e. The van der Waals surface area contributed by atoms with Crippen molar-refractivity contribution in [2.75, 3.05) is 0 Å². The number of aliphatic hydroxyl groups is 1. The number of rotatable bonds is 5. The lowest BCUT2D eigenvalue weighted by molar-refractivity contribution is -0.118. The number of primary amides is 1. The van der Waals surface area contributed by atoms with Crippen molar-refractivity contribution >= 4 is 11.7 Å². The summed E-state index contributed by atoms with van der Waals surface area (Å²) in [5.41, 5.74) is 10.7. The summed E-state index contributed by atoms with van der Waals surface area (Å²) >= 11 is 0. The lowest BCUT2D eigenvalue weighted by Crippen LogP contribution is -2.35. The van der Waals surface area contributed by atoms with Crippen LogP contribution in [0, 0.1) is 0 Å². The Morgan fingerprint density at radius 2 is 2.00 bits per heavy atom. The summed E-state index contributed by atoms with van der Waals surface area (Å²) in [5, 5.41) is 19.2. The molecule has 0 radical (unpaired) electrons. The highest BCUT2D eigenvalue weighted by Gasteiger charge is 2.24. The largest absolute Gasteiger partial charge is 0.507 e. The van der Waals surface area contributed by atoms with Crippen LogP contribution in [0.2, 0.25) is 0 Å². The van der Waals surface area contributed by atoms with Crippen molar-refractivity contribution in [3.8, 4) is 5.75 Å². The molecule has 18 heavy (non-hydrogen) atoms. The van der Waals surface area contributed by atoms with Gasteiger partial charge in [-0.2, -0.15) is 0 Å². The van der Waals surface area contributed by atoms with Gasteiger partial charge in [0.05, 0.1) is 17.7 Å². The molecule has 0 aliphatic rings. The smallest absolute Gasteiger partial charge is 0.219 e. The molecule has 0 heterocycles. The summed E-state index contributed by atoms with van der Waals surface area (Å²) in [5.74, 6) is -1.61. The van der Waals surface area contributed by atoms with Crippen LogP contribution in [0.15, 0.2) is 18.2 Å². The molecule has 2 atom stereocenters. The number of nitrogens with two attached hydrogens (primary N) is 2. The first-order valence-electron chi connectivity index (χ1n) is 5.42. The minimum absolute atomic E-state index is 0.0683. The van der Waals surface area contributed by atoms with E-state index in [1.54, 1.807) is 0 Å². The van der Waals surface area contributed by atoms with Crippen molar-refractivity contribution in [3.05, 3.63) is 29.3 Å². The van der Waals surface area contributed by atoms with Gasteiger partial charge in [-0.25, -0.2) is 0 Å². The van der Waals surface area contributed by atoms with Gasteiger partial charge in [0.15, 0.2) is 5.78 Å². The average Bonchev–Trinajstić information content (AvgIpc) is 2.26. The van der Waals surface area contributed by atoms with Crippen molar-refractivity contribution in [3.63, 3.8) is 0 Å². The van der Waals surface area contributed by atoms with Crippen LogP contribution in [-0.2, 0) is 4.79 Å². The molecule has 0 saturated heterocycles. The molecule has 6 N–H and O–H groups in total. The number of Topliss-reactive ketones (excluding diaryl/α,β-unsaturated/α-hetero) is 1. The summed E-state index contributed by atoms with van der Waals surface area (Å²) in [6.45, 7) is 1.46. The molecule has 1 aromatic rings. The number of aromatic hydroxyl groups is 1. The zero-order chi connectivity index (χ0) is 13.9. The number of phenols is 1. The fourth-order valence-corrected chi connectivity index (χ4v) is 1.67. The Labute approximate surface area is 104 Å². The molecule has 0 saturated carbocycles. The molecule has 0 spiro atoms. The van der Waals surface area contributed by atoms with Crippen LogP contribution in [0.25, 0.3) is 0 Å². The molecule has 0 fully saturated rings. The molecule has 1 rings (SSSR count). The number of hydrogen-bond acceptors (Lipinski definition) is 5. The Morgan fingerprint density at radius 1 is 1.39 bits per heavy atom. The van der Waals surface area contributed by atoms with Crippen LogP contribution in [0.3, 0.4) is 0 Å². The summed E-state index contributed by atoms with van der Waals surface area (Å²) in [7, 11) is 0. The lowest BCUT2D eigenvalue weighted by Gasteiger charge is -2.15. The maximum atomic E-state index is 12.0. The summed E-state index contributed by atoms with van der Waals surface area (Å²) < 4.78 is 0. The molecule has 0 aromatic heterocycles. The molecule has 0 aliphatic heterocycles. The van der Waals surface area contributed by atoms with Gasteiger partial charge in [0, 0.05) is 6.42 Å². The zero-order valence-corrected chi connectivity index (χ0v) is 9.96. The highest BCUT2D eigenvalue weighted by molar-refractivity contribution is 6.05. The second-order valence-corrected chi connectivity index (χ2v) is 4.06. The van der Waals surface area contributed by atoms with Crippen LogP contribution in [-0.4, -0.2) is 27.9 Å². The molecule has 98 valence electrons. The van der Waals surface area contributed by atoms with Crippen molar-refractivity contribution in [1.82, 2.24) is 0 Å². The van der Waals surface area contributed by atoms with Gasteiger partial charge in [-0.3, -0.25) is 9.59 Å². The number of phenolic OH excluding ortho intramolecular Hbond substituents is 1. The predicted octanol–water partition coefficient (Wildman–Crippen LogP) is -0.169. The fraction of sp³-hybridized carbons (Fsp3) is 0.333. The molecule has 1 amide bonds. The molecular weight excluding hydrogens is 236 g/mol. The Kier molecular flexibility index (Phi) is 4.41. The van der Waals surface area contributed by atoms with Crippen LogP contribution in [0.1, 0.15) is 35.4 Å². The predicted molar refractivity (Wildman–Crippen MR) is 64.9 cm³/mol. The lowest BCUT2D eigenvalue weighted by atomic mass is 9.94. The van der Waals surface area contributed by atoms with E-state index in [4.69, 9.17) is 11.5 Å². The molecule has 6 heteroatoms. The second-order valence-electron chi connectivity index (χ2n) is 4.06. The number of ketones is 1. The van der Waals surface area contributed by atoms with E-state index in [1.807, 2.05) is 0 Å². The van der Waals surface area contributed by atoms with E-state index in [0.29, 0.717) is 0 Å². The number of carbonyl (C=O) groups excluding carboxylic acids is 2. The van der Waals surface area contributed by atoms with Crippen LogP contribution >= 0.6 is 0 Å². The van der Waals surface area contributed by atoms with Gasteiger partial charge in [-0.15, -0.1) is 0 Å². The van der Waals surface area contributed by atoms with Gasteiger partial charge in [0.1, 0.15) is 5.75 Å². The third-order valence-electron chi connectivity index (χ3n) is 2.53. The Balaban J connectivity index is 3.15. The maximum Gasteiger partial charge on any atom is 0.219 e. The fourth-order valence-electron chi connectivity index (χ4n) is 1.67. The van der Waals surface area contributed by atoms with Gasteiger partial charge in [0.2, 0.25) is 5.91 Å². The topological polar surface area (TPSA) is 127 Å². The van der Waals surface area contributed by atoms with E-state index in [2.05, 4.69) is 0 Å². The van der Waals surface area contributed by atoms with Crippen molar-refractivity contribution in [2.24, 2.45) is 11.5 Å². The summed E-state index contributed by atoms with van der Waals surface area (Å²) in [6.07, 6.45) is -1.25. The van der Waals surface area contributed by atoms with E-state index < -0.39 is 23.8 Å². The number of hydrogen-bond donors (Lipinski definition) is 4. The first-order valence-corrected chi connectivity index (χ1v) is 5.42. The number of carbonyl (C=O) groups is 2. The standard InChI is InChI=1S/C12H16N2O4/c1-6(15)7-3-2-4-9(16)11(7)12(18)8(13)5-10(14)17/h2-4,6,8,15-16H,5,13H2,1H3,(H2,14,17). The monoisotopic (exact) mass is 252 g/mol. The molecule has 0 bridgehead atoms. The van der Waals surface area contributed by atoms with E-state index in [-0.39, 0.29) is 23.3 Å². The SMILES string of the molecule is CC(O)c1cccc(O)c1C(=O)C(N)CC(N)=O. The Hall–Kier alpha value is -1.92. The molecule has 1 aromatic carbocycles. The average molecular weight is 252 g/mol. The highest BCUT2D eigenvalue weighted by Crippen LogP contribution is 2.27. The first-order chi connectivity index (χ1) is 8.34. The van der Waals surface area contributed by atoms with Gasteiger partial charge >= 0.3 is 0 Å². The normalized spacial score (nSPS) is 13.9. The van der Waals surface area contributed by atoms with Crippen LogP contribution in [0.5, 0.6) is 5.75 Å². The first kappa shape index (κ1) is 14.1.